The highest BCUT2D eigenvalue weighted by Gasteiger charge is 2.23. The zero-order chi connectivity index (χ0) is 19.9. The quantitative estimate of drug-likeness (QED) is 0.671. The van der Waals surface area contributed by atoms with Crippen molar-refractivity contribution in [2.45, 2.75) is 70.4 Å². The fourth-order valence-corrected chi connectivity index (χ4v) is 3.87. The number of benzene rings is 1. The standard InChI is InChI=1S/C22H33N5O/c1-4-5-6-11-20(28)23-16-12-14-17(15-13-16)24-22-25-19-10-8-7-9-18(19)21(26-22)27(2)3/h7-10,16-17H,4-6,11-15H2,1-3H3,(H,23,28)(H,24,25,26)/t16-,17+. The Balaban J connectivity index is 1.55. The average molecular weight is 384 g/mol. The number of nitrogens with one attached hydrogen (secondary N) is 2. The highest BCUT2D eigenvalue weighted by Crippen LogP contribution is 2.26. The molecule has 0 atom stereocenters. The highest BCUT2D eigenvalue weighted by molar-refractivity contribution is 5.90. The van der Waals surface area contributed by atoms with E-state index in [0.717, 1.165) is 61.7 Å². The number of para-hydroxylation sites is 1. The van der Waals surface area contributed by atoms with E-state index in [4.69, 9.17) is 9.97 Å². The van der Waals surface area contributed by atoms with Gasteiger partial charge in [0.2, 0.25) is 11.9 Å². The molecule has 0 unspecified atom stereocenters. The van der Waals surface area contributed by atoms with Gasteiger partial charge in [-0.1, -0.05) is 31.9 Å². The summed E-state index contributed by atoms with van der Waals surface area (Å²) in [5.74, 6) is 1.83. The minimum atomic E-state index is 0.207. The molecule has 1 aromatic carbocycles. The maximum Gasteiger partial charge on any atom is 0.225 e. The number of amides is 1. The number of fused-ring (bicyclic) bond motifs is 1. The number of hydrogen-bond donors (Lipinski definition) is 2. The Morgan fingerprint density at radius 1 is 1.07 bits per heavy atom. The van der Waals surface area contributed by atoms with Crippen LogP contribution >= 0.6 is 0 Å². The molecule has 1 aromatic heterocycles. The van der Waals surface area contributed by atoms with Crippen LogP contribution in [0, 0.1) is 0 Å². The van der Waals surface area contributed by atoms with Gasteiger partial charge in [-0.15, -0.1) is 0 Å². The van der Waals surface area contributed by atoms with E-state index >= 15 is 0 Å². The van der Waals surface area contributed by atoms with Gasteiger partial charge in [0, 0.05) is 38.0 Å². The molecule has 2 aromatic rings. The molecule has 0 radical (unpaired) electrons. The van der Waals surface area contributed by atoms with Crippen molar-refractivity contribution in [3.8, 4) is 0 Å². The van der Waals surface area contributed by atoms with Crippen LogP contribution in [0.3, 0.4) is 0 Å². The summed E-state index contributed by atoms with van der Waals surface area (Å²) in [6.07, 6.45) is 7.98. The molecule has 6 heteroatoms. The molecular weight excluding hydrogens is 350 g/mol. The van der Waals surface area contributed by atoms with Crippen molar-refractivity contribution in [1.29, 1.82) is 0 Å². The number of carbonyl (C=O) groups excluding carboxylic acids is 1. The molecule has 1 aliphatic carbocycles. The van der Waals surface area contributed by atoms with Crippen LogP contribution in [0.25, 0.3) is 10.9 Å². The lowest BCUT2D eigenvalue weighted by molar-refractivity contribution is -0.122. The molecule has 1 heterocycles. The van der Waals surface area contributed by atoms with Crippen molar-refractivity contribution >= 4 is 28.6 Å². The van der Waals surface area contributed by atoms with Gasteiger partial charge in [-0.05, 0) is 44.2 Å². The van der Waals surface area contributed by atoms with E-state index in [-0.39, 0.29) is 5.91 Å². The lowest BCUT2D eigenvalue weighted by Gasteiger charge is -2.30. The molecule has 0 aliphatic heterocycles. The number of rotatable bonds is 8. The Bertz CT molecular complexity index is 784. The van der Waals surface area contributed by atoms with Crippen molar-refractivity contribution < 1.29 is 4.79 Å². The third-order valence-corrected chi connectivity index (χ3v) is 5.44. The van der Waals surface area contributed by atoms with E-state index in [1.54, 1.807) is 0 Å². The maximum absolute atomic E-state index is 12.0. The summed E-state index contributed by atoms with van der Waals surface area (Å²) < 4.78 is 0. The molecule has 1 fully saturated rings. The first-order chi connectivity index (χ1) is 13.6. The molecule has 1 amide bonds. The highest BCUT2D eigenvalue weighted by atomic mass is 16.1. The number of hydrogen-bond acceptors (Lipinski definition) is 5. The van der Waals surface area contributed by atoms with Crippen LogP contribution in [0.5, 0.6) is 0 Å². The van der Waals surface area contributed by atoms with E-state index in [9.17, 15) is 4.79 Å². The van der Waals surface area contributed by atoms with E-state index in [2.05, 4.69) is 23.6 Å². The van der Waals surface area contributed by atoms with Gasteiger partial charge in [0.25, 0.3) is 0 Å². The van der Waals surface area contributed by atoms with Crippen molar-refractivity contribution in [1.82, 2.24) is 15.3 Å². The van der Waals surface area contributed by atoms with Gasteiger partial charge in [0.05, 0.1) is 5.52 Å². The minimum Gasteiger partial charge on any atom is -0.362 e. The fraction of sp³-hybridized carbons (Fsp3) is 0.591. The van der Waals surface area contributed by atoms with Crippen molar-refractivity contribution in [2.75, 3.05) is 24.3 Å². The number of nitrogens with zero attached hydrogens (tertiary/aromatic N) is 3. The first kappa shape index (κ1) is 20.4. The zero-order valence-electron chi connectivity index (χ0n) is 17.4. The number of aromatic nitrogens is 2. The van der Waals surface area contributed by atoms with E-state index < -0.39 is 0 Å². The number of unbranched alkanes of at least 4 members (excludes halogenated alkanes) is 2. The molecule has 0 bridgehead atoms. The van der Waals surface area contributed by atoms with Crippen LogP contribution in [-0.4, -0.2) is 42.1 Å². The third-order valence-electron chi connectivity index (χ3n) is 5.44. The average Bonchev–Trinajstić information content (AvgIpc) is 2.69. The summed E-state index contributed by atoms with van der Waals surface area (Å²) in [4.78, 5) is 23.5. The predicted octanol–water partition coefficient (Wildman–Crippen LogP) is 4.12. The maximum atomic E-state index is 12.0. The minimum absolute atomic E-state index is 0.207. The summed E-state index contributed by atoms with van der Waals surface area (Å²) in [7, 11) is 4.01. The van der Waals surface area contributed by atoms with Crippen LogP contribution in [0.1, 0.15) is 58.3 Å². The molecular formula is C22H33N5O. The second-order valence-corrected chi connectivity index (χ2v) is 8.00. The molecule has 0 saturated heterocycles. The first-order valence-electron chi connectivity index (χ1n) is 10.6. The molecule has 3 rings (SSSR count). The van der Waals surface area contributed by atoms with Gasteiger partial charge >= 0.3 is 0 Å². The summed E-state index contributed by atoms with van der Waals surface area (Å²) in [6.45, 7) is 2.16. The monoisotopic (exact) mass is 383 g/mol. The second kappa shape index (κ2) is 9.71. The van der Waals surface area contributed by atoms with E-state index in [0.29, 0.717) is 24.5 Å². The summed E-state index contributed by atoms with van der Waals surface area (Å²) >= 11 is 0. The molecule has 6 nitrogen and oxygen atoms in total. The summed E-state index contributed by atoms with van der Waals surface area (Å²) in [5, 5.41) is 7.79. The molecule has 1 aliphatic rings. The molecule has 0 spiro atoms. The van der Waals surface area contributed by atoms with Crippen molar-refractivity contribution in [3.05, 3.63) is 24.3 Å². The Hall–Kier alpha value is -2.37. The third kappa shape index (κ3) is 5.33. The van der Waals surface area contributed by atoms with Gasteiger partial charge in [-0.25, -0.2) is 4.98 Å². The van der Waals surface area contributed by atoms with Crippen molar-refractivity contribution in [2.24, 2.45) is 0 Å². The molecule has 152 valence electrons. The Morgan fingerprint density at radius 3 is 2.50 bits per heavy atom. The van der Waals surface area contributed by atoms with Crippen molar-refractivity contribution in [3.63, 3.8) is 0 Å². The van der Waals surface area contributed by atoms with Crippen LogP contribution in [0.15, 0.2) is 24.3 Å². The van der Waals surface area contributed by atoms with Gasteiger partial charge in [-0.3, -0.25) is 4.79 Å². The molecule has 28 heavy (non-hydrogen) atoms. The Labute approximate surface area is 168 Å². The van der Waals surface area contributed by atoms with Crippen LogP contribution in [-0.2, 0) is 4.79 Å². The SMILES string of the molecule is CCCCCC(=O)N[C@H]1CC[C@@H](Nc2nc(N(C)C)c3ccccc3n2)CC1. The summed E-state index contributed by atoms with van der Waals surface area (Å²) in [5.41, 5.74) is 0.955. The molecule has 1 saturated carbocycles. The Kier molecular flexibility index (Phi) is 7.06. The normalized spacial score (nSPS) is 19.4. The predicted molar refractivity (Wildman–Crippen MR) is 116 cm³/mol. The van der Waals surface area contributed by atoms with Crippen LogP contribution in [0.2, 0.25) is 0 Å². The van der Waals surface area contributed by atoms with Crippen LogP contribution < -0.4 is 15.5 Å². The summed E-state index contributed by atoms with van der Waals surface area (Å²) in [6, 6.07) is 8.77. The number of anilines is 2. The van der Waals surface area contributed by atoms with Crippen LogP contribution in [0.4, 0.5) is 11.8 Å². The van der Waals surface area contributed by atoms with E-state index in [1.807, 2.05) is 37.2 Å². The van der Waals surface area contributed by atoms with Gasteiger partial charge in [-0.2, -0.15) is 4.98 Å². The topological polar surface area (TPSA) is 70.2 Å². The van der Waals surface area contributed by atoms with Gasteiger partial charge < -0.3 is 15.5 Å². The second-order valence-electron chi connectivity index (χ2n) is 8.00. The largest absolute Gasteiger partial charge is 0.362 e. The first-order valence-corrected chi connectivity index (χ1v) is 10.6. The molecule has 2 N–H and O–H groups in total. The van der Waals surface area contributed by atoms with E-state index in [1.165, 1.54) is 0 Å². The van der Waals surface area contributed by atoms with Gasteiger partial charge in [0.1, 0.15) is 5.82 Å². The lowest BCUT2D eigenvalue weighted by atomic mass is 9.91. The smallest absolute Gasteiger partial charge is 0.225 e. The fourth-order valence-electron chi connectivity index (χ4n) is 3.87. The number of carbonyl (C=O) groups is 1. The zero-order valence-corrected chi connectivity index (χ0v) is 17.4. The lowest BCUT2D eigenvalue weighted by Crippen LogP contribution is -2.40. The van der Waals surface area contributed by atoms with Gasteiger partial charge in [0.15, 0.2) is 0 Å². The Morgan fingerprint density at radius 2 is 1.79 bits per heavy atom.